The van der Waals surface area contributed by atoms with Crippen molar-refractivity contribution in [2.75, 3.05) is 32.8 Å². The Morgan fingerprint density at radius 3 is 2.29 bits per heavy atom. The van der Waals surface area contributed by atoms with Crippen molar-refractivity contribution in [3.63, 3.8) is 0 Å². The van der Waals surface area contributed by atoms with Crippen molar-refractivity contribution < 1.29 is 23.9 Å². The second-order valence-electron chi connectivity index (χ2n) is 8.67. The smallest absolute Gasteiger partial charge is 0.407 e. The van der Waals surface area contributed by atoms with Gasteiger partial charge in [-0.25, -0.2) is 4.79 Å². The molecule has 1 fully saturated rings. The second kappa shape index (κ2) is 11.6. The van der Waals surface area contributed by atoms with Gasteiger partial charge in [-0.15, -0.1) is 0 Å². The van der Waals surface area contributed by atoms with E-state index in [9.17, 15) is 14.4 Å². The highest BCUT2D eigenvalue weighted by molar-refractivity contribution is 5.94. The average molecular weight is 434 g/mol. The third-order valence-electron chi connectivity index (χ3n) is 4.95. The predicted molar refractivity (Wildman–Crippen MR) is 118 cm³/mol. The monoisotopic (exact) mass is 433 g/mol. The van der Waals surface area contributed by atoms with E-state index in [4.69, 9.17) is 9.47 Å². The number of hydrogen-bond donors (Lipinski definition) is 2. The van der Waals surface area contributed by atoms with Gasteiger partial charge in [-0.3, -0.25) is 9.59 Å². The fourth-order valence-corrected chi connectivity index (χ4v) is 3.34. The number of hydrogen-bond acceptors (Lipinski definition) is 5. The number of nitrogens with zero attached hydrogens (tertiary/aromatic N) is 1. The number of alkyl carbamates (subject to hydrolysis) is 1. The van der Waals surface area contributed by atoms with E-state index < -0.39 is 11.7 Å². The quantitative estimate of drug-likeness (QED) is 0.657. The summed E-state index contributed by atoms with van der Waals surface area (Å²) in [6.07, 6.45) is 1.42. The molecule has 0 spiro atoms. The van der Waals surface area contributed by atoms with Gasteiger partial charge in [0.25, 0.3) is 5.91 Å². The average Bonchev–Trinajstić information content (AvgIpc) is 2.72. The van der Waals surface area contributed by atoms with E-state index in [0.717, 1.165) is 18.6 Å². The molecular formula is C23H35N3O5. The molecule has 3 amide bonds. The normalized spacial score (nSPS) is 14.6. The molecule has 0 aliphatic carbocycles. The lowest BCUT2D eigenvalue weighted by molar-refractivity contribution is -0.132. The first-order chi connectivity index (χ1) is 14.7. The predicted octanol–water partition coefficient (Wildman–Crippen LogP) is 2.97. The summed E-state index contributed by atoms with van der Waals surface area (Å²) in [4.78, 5) is 38.1. The molecule has 1 heterocycles. The summed E-state index contributed by atoms with van der Waals surface area (Å²) in [7, 11) is 0. The van der Waals surface area contributed by atoms with Crippen LogP contribution >= 0.6 is 0 Å². The Labute approximate surface area is 184 Å². The Balaban J connectivity index is 1.64. The summed E-state index contributed by atoms with van der Waals surface area (Å²) in [5, 5.41) is 5.60. The van der Waals surface area contributed by atoms with E-state index in [-0.39, 0.29) is 24.8 Å². The lowest BCUT2D eigenvalue weighted by Gasteiger charge is -2.32. The minimum Gasteiger partial charge on any atom is -0.494 e. The molecule has 0 radical (unpaired) electrons. The van der Waals surface area contributed by atoms with Crippen molar-refractivity contribution in [1.82, 2.24) is 15.5 Å². The Hall–Kier alpha value is -2.77. The van der Waals surface area contributed by atoms with Crippen molar-refractivity contribution in [3.8, 4) is 5.75 Å². The first kappa shape index (κ1) is 24.5. The number of nitrogens with one attached hydrogen (secondary N) is 2. The molecular weight excluding hydrogens is 398 g/mol. The molecule has 1 saturated heterocycles. The molecule has 2 rings (SSSR count). The molecule has 0 atom stereocenters. The van der Waals surface area contributed by atoms with E-state index >= 15 is 0 Å². The van der Waals surface area contributed by atoms with Gasteiger partial charge >= 0.3 is 6.09 Å². The summed E-state index contributed by atoms with van der Waals surface area (Å²) in [6, 6.07) is 7.10. The zero-order valence-corrected chi connectivity index (χ0v) is 19.0. The maximum atomic E-state index is 12.4. The molecule has 172 valence electrons. The first-order valence-electron chi connectivity index (χ1n) is 10.9. The van der Waals surface area contributed by atoms with Crippen molar-refractivity contribution in [3.05, 3.63) is 29.8 Å². The molecule has 0 unspecified atom stereocenters. The van der Waals surface area contributed by atoms with Gasteiger partial charge in [-0.1, -0.05) is 0 Å². The molecule has 0 aromatic heterocycles. The van der Waals surface area contributed by atoms with Crippen LogP contribution in [0.15, 0.2) is 24.3 Å². The van der Waals surface area contributed by atoms with Gasteiger partial charge in [0.1, 0.15) is 11.4 Å². The SMILES string of the molecule is CCOc1ccc(C(=O)NCC2CCN(C(=O)CCNC(=O)OC(C)(C)C)CC2)cc1. The molecule has 8 nitrogen and oxygen atoms in total. The number of carbonyl (C=O) groups excluding carboxylic acids is 3. The van der Waals surface area contributed by atoms with E-state index in [1.54, 1.807) is 45.0 Å². The van der Waals surface area contributed by atoms with Crippen LogP contribution in [0.25, 0.3) is 0 Å². The highest BCUT2D eigenvalue weighted by atomic mass is 16.6. The standard InChI is InChI=1S/C23H35N3O5/c1-5-30-19-8-6-18(7-9-19)21(28)25-16-17-11-14-26(15-12-17)20(27)10-13-24-22(29)31-23(2,3)4/h6-9,17H,5,10-16H2,1-4H3,(H,24,29)(H,25,28). The summed E-state index contributed by atoms with van der Waals surface area (Å²) < 4.78 is 10.5. The lowest BCUT2D eigenvalue weighted by Crippen LogP contribution is -2.42. The molecule has 8 heteroatoms. The minimum atomic E-state index is -0.557. The van der Waals surface area contributed by atoms with Gasteiger partial charge in [0.05, 0.1) is 6.61 Å². The van der Waals surface area contributed by atoms with Gasteiger partial charge < -0.3 is 25.0 Å². The molecule has 31 heavy (non-hydrogen) atoms. The Kier molecular flexibility index (Phi) is 9.15. The summed E-state index contributed by atoms with van der Waals surface area (Å²) in [5.41, 5.74) is 0.0479. The van der Waals surface area contributed by atoms with Crippen molar-refractivity contribution >= 4 is 17.9 Å². The molecule has 1 aliphatic heterocycles. The van der Waals surface area contributed by atoms with Crippen LogP contribution in [0.1, 0.15) is 57.3 Å². The number of ether oxygens (including phenoxy) is 2. The number of benzene rings is 1. The van der Waals surface area contributed by atoms with E-state index in [1.165, 1.54) is 0 Å². The van der Waals surface area contributed by atoms with Crippen LogP contribution in [0.5, 0.6) is 5.75 Å². The number of likely N-dealkylation sites (tertiary alicyclic amines) is 1. The third-order valence-corrected chi connectivity index (χ3v) is 4.95. The molecule has 1 aliphatic rings. The molecule has 0 saturated carbocycles. The van der Waals surface area contributed by atoms with Crippen LogP contribution < -0.4 is 15.4 Å². The largest absolute Gasteiger partial charge is 0.494 e. The number of carbonyl (C=O) groups is 3. The van der Waals surface area contributed by atoms with Crippen LogP contribution in [0.2, 0.25) is 0 Å². The van der Waals surface area contributed by atoms with Crippen molar-refractivity contribution in [1.29, 1.82) is 0 Å². The Morgan fingerprint density at radius 2 is 1.71 bits per heavy atom. The van der Waals surface area contributed by atoms with E-state index in [0.29, 0.717) is 37.7 Å². The highest BCUT2D eigenvalue weighted by Crippen LogP contribution is 2.18. The van der Waals surface area contributed by atoms with Crippen LogP contribution in [0.4, 0.5) is 4.79 Å². The summed E-state index contributed by atoms with van der Waals surface area (Å²) in [6.45, 7) is 10.1. The van der Waals surface area contributed by atoms with Crippen LogP contribution in [0.3, 0.4) is 0 Å². The topological polar surface area (TPSA) is 97.0 Å². The zero-order valence-electron chi connectivity index (χ0n) is 19.0. The van der Waals surface area contributed by atoms with Crippen LogP contribution in [-0.2, 0) is 9.53 Å². The van der Waals surface area contributed by atoms with Gasteiger partial charge in [-0.05, 0) is 70.7 Å². The molecule has 1 aromatic rings. The molecule has 1 aromatic carbocycles. The van der Waals surface area contributed by atoms with Gasteiger partial charge in [0, 0.05) is 38.2 Å². The van der Waals surface area contributed by atoms with Gasteiger partial charge in [0.15, 0.2) is 0 Å². The van der Waals surface area contributed by atoms with Crippen LogP contribution in [-0.4, -0.2) is 61.2 Å². The summed E-state index contributed by atoms with van der Waals surface area (Å²) in [5.74, 6) is 1.01. The maximum absolute atomic E-state index is 12.4. The number of rotatable bonds is 8. The van der Waals surface area contributed by atoms with Crippen molar-refractivity contribution in [2.45, 2.75) is 52.6 Å². The number of piperidine rings is 1. The second-order valence-corrected chi connectivity index (χ2v) is 8.67. The lowest BCUT2D eigenvalue weighted by atomic mass is 9.96. The zero-order chi connectivity index (χ0) is 22.9. The summed E-state index contributed by atoms with van der Waals surface area (Å²) >= 11 is 0. The molecule has 2 N–H and O–H groups in total. The number of amides is 3. The Morgan fingerprint density at radius 1 is 1.06 bits per heavy atom. The van der Waals surface area contributed by atoms with Crippen molar-refractivity contribution in [2.24, 2.45) is 5.92 Å². The minimum absolute atomic E-state index is 0.0212. The van der Waals surface area contributed by atoms with Gasteiger partial charge in [0.2, 0.25) is 5.91 Å². The van der Waals surface area contributed by atoms with Crippen LogP contribution in [0, 0.1) is 5.92 Å². The van der Waals surface area contributed by atoms with E-state index in [1.807, 2.05) is 11.8 Å². The van der Waals surface area contributed by atoms with E-state index in [2.05, 4.69) is 10.6 Å². The Bertz CT molecular complexity index is 735. The fraction of sp³-hybridized carbons (Fsp3) is 0.609. The van der Waals surface area contributed by atoms with Gasteiger partial charge in [-0.2, -0.15) is 0 Å². The fourth-order valence-electron chi connectivity index (χ4n) is 3.34. The highest BCUT2D eigenvalue weighted by Gasteiger charge is 2.23. The third kappa shape index (κ3) is 8.86. The molecule has 0 bridgehead atoms. The maximum Gasteiger partial charge on any atom is 0.407 e. The first-order valence-corrected chi connectivity index (χ1v) is 10.9.